The molecular weight excluding hydrogens is 393 g/mol. The van der Waals surface area contributed by atoms with E-state index in [4.69, 9.17) is 4.42 Å². The second-order valence-corrected chi connectivity index (χ2v) is 7.59. The number of amides is 1. The van der Waals surface area contributed by atoms with Crippen molar-refractivity contribution in [1.82, 2.24) is 19.6 Å². The Labute approximate surface area is 172 Å². The molecule has 1 N–H and O–H groups in total. The van der Waals surface area contributed by atoms with E-state index in [0.717, 1.165) is 49.2 Å². The second kappa shape index (κ2) is 9.15. The summed E-state index contributed by atoms with van der Waals surface area (Å²) < 4.78 is 22.6. The monoisotopic (exact) mass is 415 g/mol. The quantitative estimate of drug-likeness (QED) is 0.639. The maximum atomic E-state index is 13.0. The highest BCUT2D eigenvalue weighted by Crippen LogP contribution is 2.20. The van der Waals surface area contributed by atoms with Gasteiger partial charge in [0.15, 0.2) is 5.76 Å². The smallest absolute Gasteiger partial charge is 0.287 e. The summed E-state index contributed by atoms with van der Waals surface area (Å²) in [7, 11) is 0. The number of carbonyl (C=O) groups is 1. The van der Waals surface area contributed by atoms with Crippen LogP contribution in [-0.2, 0) is 6.42 Å². The fourth-order valence-corrected chi connectivity index (χ4v) is 3.95. The van der Waals surface area contributed by atoms with E-state index in [-0.39, 0.29) is 11.7 Å². The first-order chi connectivity index (χ1) is 14.2. The topological polar surface area (TPSA) is 74.5 Å². The summed E-state index contributed by atoms with van der Waals surface area (Å²) >= 11 is 1.40. The Morgan fingerprint density at radius 2 is 1.97 bits per heavy atom. The maximum absolute atomic E-state index is 13.0. The van der Waals surface area contributed by atoms with E-state index in [9.17, 15) is 9.18 Å². The minimum absolute atomic E-state index is 0.184. The molecule has 9 heteroatoms. The Morgan fingerprint density at radius 1 is 1.17 bits per heavy atom. The molecule has 7 nitrogen and oxygen atoms in total. The van der Waals surface area contributed by atoms with Crippen LogP contribution in [0.5, 0.6) is 0 Å². The first-order valence-electron chi connectivity index (χ1n) is 9.53. The van der Waals surface area contributed by atoms with E-state index in [0.29, 0.717) is 18.7 Å². The number of aromatic nitrogens is 2. The highest BCUT2D eigenvalue weighted by atomic mass is 32.1. The summed E-state index contributed by atoms with van der Waals surface area (Å²) in [5.41, 5.74) is 0.997. The standard InChI is InChI=1S/C20H22FN5O2S/c21-16-5-3-15(4-6-16)14-18-23-20(29-24-18)26-11-9-25(10-12-26)8-7-22-19(27)17-2-1-13-28-17/h1-6,13H,7-12,14H2,(H,22,27). The number of benzene rings is 1. The molecule has 152 valence electrons. The molecule has 3 aromatic rings. The minimum Gasteiger partial charge on any atom is -0.459 e. The third kappa shape index (κ3) is 5.18. The fourth-order valence-electron chi connectivity index (χ4n) is 3.22. The van der Waals surface area contributed by atoms with Gasteiger partial charge >= 0.3 is 0 Å². The van der Waals surface area contributed by atoms with Crippen LogP contribution in [0.15, 0.2) is 47.1 Å². The molecule has 1 amide bonds. The van der Waals surface area contributed by atoms with E-state index in [1.54, 1.807) is 24.3 Å². The number of piperazine rings is 1. The van der Waals surface area contributed by atoms with Crippen LogP contribution in [0.3, 0.4) is 0 Å². The summed E-state index contributed by atoms with van der Waals surface area (Å²) in [4.78, 5) is 21.1. The molecule has 0 saturated carbocycles. The van der Waals surface area contributed by atoms with Crippen molar-refractivity contribution in [2.24, 2.45) is 0 Å². The summed E-state index contributed by atoms with van der Waals surface area (Å²) in [6.07, 6.45) is 2.10. The average Bonchev–Trinajstić information content (AvgIpc) is 3.43. The van der Waals surface area contributed by atoms with Crippen molar-refractivity contribution < 1.29 is 13.6 Å². The lowest BCUT2D eigenvalue weighted by molar-refractivity contribution is 0.0920. The molecule has 0 atom stereocenters. The van der Waals surface area contributed by atoms with Crippen LogP contribution < -0.4 is 10.2 Å². The maximum Gasteiger partial charge on any atom is 0.287 e. The molecule has 0 unspecified atom stereocenters. The number of rotatable bonds is 7. The minimum atomic E-state index is -0.237. The molecule has 1 saturated heterocycles. The third-order valence-electron chi connectivity index (χ3n) is 4.83. The number of anilines is 1. The predicted molar refractivity (Wildman–Crippen MR) is 109 cm³/mol. The average molecular weight is 415 g/mol. The Morgan fingerprint density at radius 3 is 2.69 bits per heavy atom. The molecule has 1 aliphatic rings. The number of halogens is 1. The molecule has 29 heavy (non-hydrogen) atoms. The van der Waals surface area contributed by atoms with Crippen LogP contribution in [0.2, 0.25) is 0 Å². The normalized spacial score (nSPS) is 14.9. The van der Waals surface area contributed by atoms with Gasteiger partial charge in [-0.25, -0.2) is 9.37 Å². The summed E-state index contributed by atoms with van der Waals surface area (Å²) in [5.74, 6) is 0.678. The van der Waals surface area contributed by atoms with Gasteiger partial charge in [-0.3, -0.25) is 9.69 Å². The number of nitrogens with zero attached hydrogens (tertiary/aromatic N) is 4. The number of hydrogen-bond acceptors (Lipinski definition) is 7. The van der Waals surface area contributed by atoms with Crippen molar-refractivity contribution >= 4 is 22.6 Å². The van der Waals surface area contributed by atoms with Gasteiger partial charge < -0.3 is 14.6 Å². The van der Waals surface area contributed by atoms with Crippen molar-refractivity contribution in [3.05, 3.63) is 65.6 Å². The van der Waals surface area contributed by atoms with Crippen molar-refractivity contribution in [1.29, 1.82) is 0 Å². The molecule has 1 aromatic carbocycles. The fraction of sp³-hybridized carbons (Fsp3) is 0.350. The Bertz CT molecular complexity index is 921. The van der Waals surface area contributed by atoms with E-state index in [1.807, 2.05) is 0 Å². The summed E-state index contributed by atoms with van der Waals surface area (Å²) in [5, 5.41) is 3.80. The first-order valence-corrected chi connectivity index (χ1v) is 10.3. The zero-order valence-electron chi connectivity index (χ0n) is 15.9. The van der Waals surface area contributed by atoms with Crippen LogP contribution >= 0.6 is 11.5 Å². The van der Waals surface area contributed by atoms with Crippen molar-refractivity contribution in [3.63, 3.8) is 0 Å². The van der Waals surface area contributed by atoms with Gasteiger partial charge in [-0.1, -0.05) is 12.1 Å². The van der Waals surface area contributed by atoms with Gasteiger partial charge in [0.05, 0.1) is 6.26 Å². The van der Waals surface area contributed by atoms with Gasteiger partial charge in [-0.15, -0.1) is 0 Å². The number of hydrogen-bond donors (Lipinski definition) is 1. The van der Waals surface area contributed by atoms with Gasteiger partial charge in [-0.2, -0.15) is 4.37 Å². The Kier molecular flexibility index (Phi) is 6.16. The van der Waals surface area contributed by atoms with Crippen molar-refractivity contribution in [3.8, 4) is 0 Å². The summed E-state index contributed by atoms with van der Waals surface area (Å²) in [6, 6.07) is 9.80. The predicted octanol–water partition coefficient (Wildman–Crippen LogP) is 2.41. The van der Waals surface area contributed by atoms with Crippen molar-refractivity contribution in [2.45, 2.75) is 6.42 Å². The SMILES string of the molecule is O=C(NCCN1CCN(c2nc(Cc3ccc(F)cc3)ns2)CC1)c1ccco1. The second-order valence-electron chi connectivity index (χ2n) is 6.86. The molecule has 0 radical (unpaired) electrons. The van der Waals surface area contributed by atoms with Gasteiger partial charge in [0, 0.05) is 57.2 Å². The number of furan rings is 1. The van der Waals surface area contributed by atoms with E-state index in [2.05, 4.69) is 24.5 Å². The lowest BCUT2D eigenvalue weighted by Crippen LogP contribution is -2.48. The van der Waals surface area contributed by atoms with Crippen LogP contribution in [-0.4, -0.2) is 59.4 Å². The zero-order valence-corrected chi connectivity index (χ0v) is 16.7. The van der Waals surface area contributed by atoms with E-state index < -0.39 is 0 Å². The highest BCUT2D eigenvalue weighted by Gasteiger charge is 2.20. The summed E-state index contributed by atoms with van der Waals surface area (Å²) in [6.45, 7) is 4.94. The largest absolute Gasteiger partial charge is 0.459 e. The van der Waals surface area contributed by atoms with E-state index >= 15 is 0 Å². The zero-order chi connectivity index (χ0) is 20.1. The highest BCUT2D eigenvalue weighted by molar-refractivity contribution is 7.09. The van der Waals surface area contributed by atoms with Crippen LogP contribution in [0.25, 0.3) is 0 Å². The van der Waals surface area contributed by atoms with E-state index in [1.165, 1.54) is 29.9 Å². The number of nitrogens with one attached hydrogen (secondary N) is 1. The molecule has 0 aliphatic carbocycles. The Hall–Kier alpha value is -2.78. The third-order valence-corrected chi connectivity index (χ3v) is 5.65. The molecular formula is C20H22FN5O2S. The Balaban J connectivity index is 1.21. The van der Waals surface area contributed by atoms with Gasteiger partial charge in [0.2, 0.25) is 5.13 Å². The lowest BCUT2D eigenvalue weighted by atomic mass is 10.1. The van der Waals surface area contributed by atoms with Gasteiger partial charge in [-0.05, 0) is 29.8 Å². The van der Waals surface area contributed by atoms with Gasteiger partial charge in [0.1, 0.15) is 11.6 Å². The lowest BCUT2D eigenvalue weighted by Gasteiger charge is -2.34. The van der Waals surface area contributed by atoms with Crippen LogP contribution in [0.4, 0.5) is 9.52 Å². The molecule has 1 aliphatic heterocycles. The molecule has 0 spiro atoms. The molecule has 4 rings (SSSR count). The van der Waals surface area contributed by atoms with Crippen molar-refractivity contribution in [2.75, 3.05) is 44.2 Å². The number of carbonyl (C=O) groups excluding carboxylic acids is 1. The molecule has 0 bridgehead atoms. The van der Waals surface area contributed by atoms with Gasteiger partial charge in [0.25, 0.3) is 5.91 Å². The first kappa shape index (κ1) is 19.5. The van der Waals surface area contributed by atoms with Crippen LogP contribution in [0, 0.1) is 5.82 Å². The molecule has 1 fully saturated rings. The van der Waals surface area contributed by atoms with Crippen LogP contribution in [0.1, 0.15) is 21.9 Å². The molecule has 3 heterocycles. The molecule has 2 aromatic heterocycles.